The third kappa shape index (κ3) is 6.04. The first kappa shape index (κ1) is 36.6. The first-order chi connectivity index (χ1) is 23.5. The van der Waals surface area contributed by atoms with Crippen LogP contribution in [0.2, 0.25) is 0 Å². The van der Waals surface area contributed by atoms with Gasteiger partial charge in [0.1, 0.15) is 15.9 Å². The van der Waals surface area contributed by atoms with Crippen molar-refractivity contribution >= 4 is 44.2 Å². The van der Waals surface area contributed by atoms with E-state index >= 15 is 8.78 Å². The summed E-state index contributed by atoms with van der Waals surface area (Å²) in [7, 11) is -10.1. The molecule has 0 radical (unpaired) electrons. The number of benzene rings is 5. The number of halogens is 9. The van der Waals surface area contributed by atoms with Gasteiger partial charge >= 0.3 is 23.3 Å². The van der Waals surface area contributed by atoms with Crippen LogP contribution in [0.4, 0.5) is 45.2 Å². The van der Waals surface area contributed by atoms with E-state index in [2.05, 4.69) is 10.5 Å². The fraction of sp³-hybridized carbons (Fsp3) is 0.114. The number of nitrogens with one attached hydrogen (secondary N) is 1. The summed E-state index contributed by atoms with van der Waals surface area (Å²) in [5, 5.41) is -0.152. The van der Waals surface area contributed by atoms with E-state index in [1.807, 2.05) is 36.4 Å². The molecule has 5 aromatic rings. The largest absolute Gasteiger partial charge is 0.460 e. The van der Waals surface area contributed by atoms with Crippen LogP contribution in [0.3, 0.4) is 0 Å². The number of anilines is 1. The van der Waals surface area contributed by atoms with Gasteiger partial charge in [-0.15, -0.1) is 5.10 Å². The topological polar surface area (TPSA) is 58.5 Å². The minimum absolute atomic E-state index is 0.245. The summed E-state index contributed by atoms with van der Waals surface area (Å²) in [5.74, 6) is -14.8. The molecule has 0 heterocycles. The van der Waals surface area contributed by atoms with Gasteiger partial charge in [0.15, 0.2) is 7.26 Å². The summed E-state index contributed by atoms with van der Waals surface area (Å²) >= 11 is 0. The molecule has 0 aliphatic heterocycles. The second kappa shape index (κ2) is 13.6. The van der Waals surface area contributed by atoms with Crippen LogP contribution in [0.15, 0.2) is 156 Å². The lowest BCUT2D eigenvalue weighted by Crippen LogP contribution is -2.63. The van der Waals surface area contributed by atoms with E-state index in [0.29, 0.717) is 11.6 Å². The van der Waals surface area contributed by atoms with Crippen LogP contribution >= 0.6 is 7.26 Å². The molecule has 4 nitrogen and oxygen atoms in total. The highest BCUT2D eigenvalue weighted by Gasteiger charge is 2.85. The van der Waals surface area contributed by atoms with Gasteiger partial charge in [0.25, 0.3) is 9.84 Å². The van der Waals surface area contributed by atoms with E-state index in [9.17, 15) is 39.2 Å². The molecular formula is C35H25F9N2O2PS+. The molecule has 260 valence electrons. The summed E-state index contributed by atoms with van der Waals surface area (Å²) in [6.07, 6.45) is -7.21. The van der Waals surface area contributed by atoms with Crippen LogP contribution in [0, 0.1) is 0 Å². The van der Waals surface area contributed by atoms with Gasteiger partial charge in [-0.1, -0.05) is 84.9 Å². The summed E-state index contributed by atoms with van der Waals surface area (Å²) in [4.78, 5) is -1.69. The Morgan fingerprint density at radius 3 is 1.32 bits per heavy atom. The number of hydrogen-bond donors (Lipinski definition) is 1. The van der Waals surface area contributed by atoms with Crippen molar-refractivity contribution < 1.29 is 47.9 Å². The maximum absolute atomic E-state index is 15.0. The molecule has 1 N–H and O–H groups in total. The zero-order valence-corrected chi connectivity index (χ0v) is 27.1. The van der Waals surface area contributed by atoms with E-state index in [1.54, 1.807) is 84.9 Å². The smallest absolute Gasteiger partial charge is 0.273 e. The van der Waals surface area contributed by atoms with Crippen molar-refractivity contribution in [2.24, 2.45) is 5.10 Å². The summed E-state index contributed by atoms with van der Waals surface area (Å²) in [6.45, 7) is 0. The van der Waals surface area contributed by atoms with E-state index in [-0.39, 0.29) is 5.45 Å². The predicted molar refractivity (Wildman–Crippen MR) is 176 cm³/mol. The van der Waals surface area contributed by atoms with E-state index < -0.39 is 51.0 Å². The molecule has 15 heteroatoms. The molecule has 0 aliphatic carbocycles. The normalized spacial score (nSPS) is 13.6. The van der Waals surface area contributed by atoms with E-state index in [4.69, 9.17) is 0 Å². The second-order valence-corrected chi connectivity index (χ2v) is 16.0. The highest BCUT2D eigenvalue weighted by Crippen LogP contribution is 2.59. The van der Waals surface area contributed by atoms with Crippen molar-refractivity contribution in [1.29, 1.82) is 0 Å². The molecule has 0 saturated heterocycles. The Labute approximate surface area is 281 Å². The van der Waals surface area contributed by atoms with Crippen molar-refractivity contribution in [3.05, 3.63) is 151 Å². The van der Waals surface area contributed by atoms with E-state index in [1.165, 1.54) is 0 Å². The SMILES string of the molecule is O=S(=O)(c1ccccc1N/N=C(\c1ccccc1)[P+](c1ccccc1)(c1ccccc1)c1ccccc1)C(F)(F)C(F)(F)C(F)(F)C(F)(F)F. The molecule has 0 aliphatic rings. The Bertz CT molecular complexity index is 1970. The monoisotopic (exact) mass is 739 g/mol. The average molecular weight is 740 g/mol. The lowest BCUT2D eigenvalue weighted by Gasteiger charge is -2.33. The zero-order chi connectivity index (χ0) is 36.4. The second-order valence-electron chi connectivity index (χ2n) is 10.8. The third-order valence-corrected chi connectivity index (χ3v) is 13.8. The number of sulfone groups is 1. The number of rotatable bonds is 11. The van der Waals surface area contributed by atoms with Crippen molar-refractivity contribution in [3.63, 3.8) is 0 Å². The van der Waals surface area contributed by atoms with Crippen LogP contribution in [0.25, 0.3) is 0 Å². The fourth-order valence-corrected chi connectivity index (χ4v) is 10.9. The average Bonchev–Trinajstić information content (AvgIpc) is 3.11. The number of hydrazone groups is 1. The van der Waals surface area contributed by atoms with Gasteiger partial charge in [-0.2, -0.15) is 39.5 Å². The molecule has 0 bridgehead atoms. The molecule has 0 fully saturated rings. The minimum Gasteiger partial charge on any atom is -0.273 e. The minimum atomic E-state index is -7.41. The van der Waals surface area contributed by atoms with Gasteiger partial charge in [-0.05, 0) is 60.7 Å². The summed E-state index contributed by atoms with van der Waals surface area (Å²) in [5.41, 5.74) is 2.19. The van der Waals surface area contributed by atoms with Gasteiger partial charge in [0.05, 0.1) is 10.6 Å². The highest BCUT2D eigenvalue weighted by molar-refractivity contribution is 8.09. The molecule has 50 heavy (non-hydrogen) atoms. The highest BCUT2D eigenvalue weighted by atomic mass is 32.2. The van der Waals surface area contributed by atoms with Crippen LogP contribution < -0.4 is 21.3 Å². The number of nitrogens with zero attached hydrogens (tertiary/aromatic N) is 1. The predicted octanol–water partition coefficient (Wildman–Crippen LogP) is 8.65. The lowest BCUT2D eigenvalue weighted by atomic mass is 10.1. The van der Waals surface area contributed by atoms with E-state index in [0.717, 1.165) is 34.1 Å². The standard InChI is InChI=1S/C35H25F9N2O2PS/c36-32(37,34(40,41)42)33(38,39)35(43,44)50(47,48)30-24-14-13-23-29(30)45-46-31(25-15-5-1-6-16-25)49(26-17-7-2-8-18-26,27-19-9-3-10-20-27)28-21-11-4-12-22-28/h1-24,45H/q+1/b46-31+. The first-order valence-electron chi connectivity index (χ1n) is 14.5. The summed E-state index contributed by atoms with van der Waals surface area (Å²) < 4.78 is 151. The molecule has 0 saturated carbocycles. The van der Waals surface area contributed by atoms with Gasteiger partial charge in [-0.25, -0.2) is 8.42 Å². The van der Waals surface area contributed by atoms with Gasteiger partial charge in [0.2, 0.25) is 5.45 Å². The molecular weight excluding hydrogens is 714 g/mol. The quantitative estimate of drug-likeness (QED) is 0.0639. The maximum atomic E-state index is 15.0. The van der Waals surface area contributed by atoms with Gasteiger partial charge in [0, 0.05) is 5.56 Å². The Morgan fingerprint density at radius 2 is 0.900 bits per heavy atom. The molecule has 0 spiro atoms. The number of alkyl halides is 9. The number of para-hydroxylation sites is 1. The number of hydrogen-bond acceptors (Lipinski definition) is 4. The van der Waals surface area contributed by atoms with Crippen LogP contribution in [-0.2, 0) is 9.84 Å². The zero-order valence-electron chi connectivity index (χ0n) is 25.4. The fourth-order valence-electron chi connectivity index (χ4n) is 5.26. The van der Waals surface area contributed by atoms with Crippen LogP contribution in [-0.4, -0.2) is 37.1 Å². The Kier molecular flexibility index (Phi) is 9.92. The van der Waals surface area contributed by atoms with Gasteiger partial charge in [-0.3, -0.25) is 5.43 Å². The lowest BCUT2D eigenvalue weighted by molar-refractivity contribution is -0.382. The molecule has 5 aromatic carbocycles. The molecule has 0 unspecified atom stereocenters. The molecule has 0 aromatic heterocycles. The van der Waals surface area contributed by atoms with Crippen LogP contribution in [0.5, 0.6) is 0 Å². The van der Waals surface area contributed by atoms with Crippen molar-refractivity contribution in [2.45, 2.75) is 28.2 Å². The molecule has 0 atom stereocenters. The van der Waals surface area contributed by atoms with Crippen LogP contribution in [0.1, 0.15) is 5.56 Å². The molecule has 5 rings (SSSR count). The first-order valence-corrected chi connectivity index (χ1v) is 17.8. The Morgan fingerprint density at radius 1 is 0.520 bits per heavy atom. The molecule has 0 amide bonds. The maximum Gasteiger partial charge on any atom is 0.460 e. The van der Waals surface area contributed by atoms with Crippen molar-refractivity contribution in [1.82, 2.24) is 0 Å². The Balaban J connectivity index is 1.78. The van der Waals surface area contributed by atoms with Crippen molar-refractivity contribution in [3.8, 4) is 0 Å². The summed E-state index contributed by atoms with van der Waals surface area (Å²) in [6, 6.07) is 38.7. The van der Waals surface area contributed by atoms with Crippen molar-refractivity contribution in [2.75, 3.05) is 5.43 Å². The Hall–Kier alpha value is -4.68. The van der Waals surface area contributed by atoms with Gasteiger partial charge < -0.3 is 0 Å². The third-order valence-electron chi connectivity index (χ3n) is 7.69.